The van der Waals surface area contributed by atoms with E-state index in [1.165, 1.54) is 13.0 Å². The Bertz CT molecular complexity index is 255. The molecule has 0 aliphatic heterocycles. The van der Waals surface area contributed by atoms with Crippen molar-refractivity contribution in [2.75, 3.05) is 0 Å². The molecule has 0 unspecified atom stereocenters. The van der Waals surface area contributed by atoms with Crippen LogP contribution in [0.25, 0.3) is 0 Å². The first kappa shape index (κ1) is 19.3. The van der Waals surface area contributed by atoms with E-state index in [0.717, 1.165) is 6.08 Å². The van der Waals surface area contributed by atoms with E-state index in [4.69, 9.17) is 0 Å². The maximum atomic E-state index is 9.64. The molecule has 0 spiro atoms. The second-order valence-electron chi connectivity index (χ2n) is 2.27. The van der Waals surface area contributed by atoms with Crippen LogP contribution in [0.4, 0.5) is 0 Å². The Morgan fingerprint density at radius 2 is 1.60 bits per heavy atom. The van der Waals surface area contributed by atoms with Crippen molar-refractivity contribution in [2.24, 2.45) is 0 Å². The molecule has 0 N–H and O–H groups in total. The molecule has 0 aromatic carbocycles. The Morgan fingerprint density at radius 3 is 1.80 bits per heavy atom. The van der Waals surface area contributed by atoms with Gasteiger partial charge in [-0.15, -0.1) is 0 Å². The zero-order chi connectivity index (χ0) is 11.6. The third kappa shape index (κ3) is 24.5. The normalized spacial score (nSPS) is 8.93. The predicted molar refractivity (Wildman–Crippen MR) is 48.8 cm³/mol. The van der Waals surface area contributed by atoms with Crippen LogP contribution in [0.15, 0.2) is 36.5 Å². The number of allylic oxidation sites excluding steroid dienone is 3. The SMILES string of the molecule is C/C=C/C=C/C(=O)[O-].C=C(C)C(=O)[O-].[Cu+2]. The minimum absolute atomic E-state index is 0. The summed E-state index contributed by atoms with van der Waals surface area (Å²) in [6.07, 6.45) is 5.74. The maximum Gasteiger partial charge on any atom is 2.00 e. The minimum Gasteiger partial charge on any atom is -0.545 e. The number of hydrogen-bond donors (Lipinski definition) is 0. The van der Waals surface area contributed by atoms with Crippen molar-refractivity contribution in [3.8, 4) is 0 Å². The van der Waals surface area contributed by atoms with Crippen LogP contribution in [0, 0.1) is 0 Å². The van der Waals surface area contributed by atoms with E-state index >= 15 is 0 Å². The smallest absolute Gasteiger partial charge is 0.545 e. The standard InChI is InChI=1S/C6H8O2.C4H6O2.Cu/c1-2-3-4-5-6(7)8;1-3(2)4(5)6;/h2-5H,1H3,(H,7,8);1H2,2H3,(H,5,6);/q;;+2/p-2/b3-2+,5-4+;;. The van der Waals surface area contributed by atoms with Crippen molar-refractivity contribution in [3.05, 3.63) is 36.5 Å². The van der Waals surface area contributed by atoms with E-state index < -0.39 is 11.9 Å². The second-order valence-corrected chi connectivity index (χ2v) is 2.27. The molecule has 0 heterocycles. The van der Waals surface area contributed by atoms with Crippen LogP contribution in [-0.4, -0.2) is 11.9 Å². The summed E-state index contributed by atoms with van der Waals surface area (Å²) in [4.78, 5) is 19.1. The summed E-state index contributed by atoms with van der Waals surface area (Å²) in [6.45, 7) is 6.28. The fourth-order valence-corrected chi connectivity index (χ4v) is 0.245. The topological polar surface area (TPSA) is 80.3 Å². The average Bonchev–Trinajstić information content (AvgIpc) is 2.05. The van der Waals surface area contributed by atoms with Gasteiger partial charge in [0.1, 0.15) is 0 Å². The predicted octanol–water partition coefficient (Wildman–Crippen LogP) is -0.821. The molecule has 0 bridgehead atoms. The van der Waals surface area contributed by atoms with E-state index in [1.807, 2.05) is 0 Å². The summed E-state index contributed by atoms with van der Waals surface area (Å²) in [5, 5.41) is 19.1. The molecule has 0 atom stereocenters. The Balaban J connectivity index is -0.000000187. The maximum absolute atomic E-state index is 9.64. The monoisotopic (exact) mass is 259 g/mol. The molecule has 0 saturated carbocycles. The molecule has 15 heavy (non-hydrogen) atoms. The van der Waals surface area contributed by atoms with Crippen LogP contribution in [-0.2, 0) is 26.7 Å². The van der Waals surface area contributed by atoms with Crippen LogP contribution in [0.5, 0.6) is 0 Å². The van der Waals surface area contributed by atoms with Gasteiger partial charge in [-0.1, -0.05) is 24.8 Å². The van der Waals surface area contributed by atoms with E-state index in [1.54, 1.807) is 19.1 Å². The fourth-order valence-electron chi connectivity index (χ4n) is 0.245. The molecule has 0 rings (SSSR count). The van der Waals surface area contributed by atoms with Crippen LogP contribution in [0.1, 0.15) is 13.8 Å². The van der Waals surface area contributed by atoms with Crippen LogP contribution in [0.2, 0.25) is 0 Å². The zero-order valence-corrected chi connectivity index (χ0v) is 9.39. The summed E-state index contributed by atoms with van der Waals surface area (Å²) >= 11 is 0. The minimum atomic E-state index is -1.19. The van der Waals surface area contributed by atoms with Crippen LogP contribution in [0.3, 0.4) is 0 Å². The van der Waals surface area contributed by atoms with Gasteiger partial charge in [-0.3, -0.25) is 0 Å². The fraction of sp³-hybridized carbons (Fsp3) is 0.200. The van der Waals surface area contributed by atoms with Gasteiger partial charge in [0.15, 0.2) is 0 Å². The molecule has 0 amide bonds. The summed E-state index contributed by atoms with van der Waals surface area (Å²) in [5.74, 6) is -2.35. The summed E-state index contributed by atoms with van der Waals surface area (Å²) in [5.41, 5.74) is 0.0648. The summed E-state index contributed by atoms with van der Waals surface area (Å²) in [6, 6.07) is 0. The third-order valence-corrected chi connectivity index (χ3v) is 0.884. The number of hydrogen-bond acceptors (Lipinski definition) is 4. The summed E-state index contributed by atoms with van der Waals surface area (Å²) in [7, 11) is 0. The molecule has 4 nitrogen and oxygen atoms in total. The van der Waals surface area contributed by atoms with Crippen molar-refractivity contribution >= 4 is 11.9 Å². The molecule has 5 heteroatoms. The van der Waals surface area contributed by atoms with Crippen molar-refractivity contribution in [2.45, 2.75) is 13.8 Å². The molecule has 0 aliphatic carbocycles. The van der Waals surface area contributed by atoms with Gasteiger partial charge in [0.05, 0.1) is 11.9 Å². The molecular formula is C10H12CuO4. The first-order valence-electron chi connectivity index (χ1n) is 3.79. The Kier molecular flexibility index (Phi) is 16.3. The molecule has 87 valence electrons. The van der Waals surface area contributed by atoms with E-state index in [2.05, 4.69) is 6.58 Å². The van der Waals surface area contributed by atoms with Gasteiger partial charge in [0.2, 0.25) is 0 Å². The molecule has 0 saturated heterocycles. The number of carboxylic acids is 2. The van der Waals surface area contributed by atoms with Gasteiger partial charge in [-0.25, -0.2) is 0 Å². The Hall–Kier alpha value is -1.32. The van der Waals surface area contributed by atoms with Gasteiger partial charge >= 0.3 is 17.1 Å². The zero-order valence-electron chi connectivity index (χ0n) is 8.45. The van der Waals surface area contributed by atoms with Crippen LogP contribution < -0.4 is 10.2 Å². The quantitative estimate of drug-likeness (QED) is 0.377. The summed E-state index contributed by atoms with van der Waals surface area (Å²) < 4.78 is 0. The molecular weight excluding hydrogens is 248 g/mol. The van der Waals surface area contributed by atoms with E-state index in [-0.39, 0.29) is 22.6 Å². The van der Waals surface area contributed by atoms with Crippen LogP contribution >= 0.6 is 0 Å². The third-order valence-electron chi connectivity index (χ3n) is 0.884. The van der Waals surface area contributed by atoms with Gasteiger partial charge in [0, 0.05) is 0 Å². The molecule has 0 aromatic rings. The first-order chi connectivity index (χ1) is 6.41. The van der Waals surface area contributed by atoms with Gasteiger partial charge in [0.25, 0.3) is 0 Å². The number of aliphatic carboxylic acids is 2. The molecule has 1 radical (unpaired) electrons. The molecule has 0 aromatic heterocycles. The van der Waals surface area contributed by atoms with Crippen molar-refractivity contribution in [3.63, 3.8) is 0 Å². The first-order valence-corrected chi connectivity index (χ1v) is 3.79. The number of rotatable bonds is 3. The molecule has 0 aliphatic rings. The second kappa shape index (κ2) is 12.7. The number of carbonyl (C=O) groups is 2. The number of carboxylic acid groups (broad SMARTS) is 2. The Labute approximate surface area is 99.5 Å². The van der Waals surface area contributed by atoms with Crippen molar-refractivity contribution in [1.29, 1.82) is 0 Å². The Morgan fingerprint density at radius 1 is 1.20 bits per heavy atom. The van der Waals surface area contributed by atoms with Crippen molar-refractivity contribution < 1.29 is 36.9 Å². The van der Waals surface area contributed by atoms with E-state index in [9.17, 15) is 19.8 Å². The van der Waals surface area contributed by atoms with Gasteiger partial charge in [-0.05, 0) is 25.5 Å². The van der Waals surface area contributed by atoms with Gasteiger partial charge < -0.3 is 19.8 Å². The average molecular weight is 260 g/mol. The number of carbonyl (C=O) groups excluding carboxylic acids is 2. The van der Waals surface area contributed by atoms with Gasteiger partial charge in [-0.2, -0.15) is 0 Å². The largest absolute Gasteiger partial charge is 2.00 e. The van der Waals surface area contributed by atoms with E-state index in [0.29, 0.717) is 0 Å². The van der Waals surface area contributed by atoms with Crippen molar-refractivity contribution in [1.82, 2.24) is 0 Å². The molecule has 0 fully saturated rings.